The molecule has 16 heavy (non-hydrogen) atoms. The van der Waals surface area contributed by atoms with Gasteiger partial charge in [0.1, 0.15) is 0 Å². The Bertz CT molecular complexity index is 236. The van der Waals surface area contributed by atoms with Gasteiger partial charge < -0.3 is 10.2 Å². The van der Waals surface area contributed by atoms with E-state index in [2.05, 4.69) is 23.2 Å². The van der Waals surface area contributed by atoms with Crippen molar-refractivity contribution in [2.24, 2.45) is 5.41 Å². The van der Waals surface area contributed by atoms with Gasteiger partial charge in [0, 0.05) is 6.04 Å². The first-order valence-electron chi connectivity index (χ1n) is 6.45. The number of hydrogen-bond donors (Lipinski definition) is 1. The summed E-state index contributed by atoms with van der Waals surface area (Å²) in [6, 6.07) is 3.11. The molecule has 0 aliphatic carbocycles. The molecule has 0 radical (unpaired) electrons. The predicted octanol–water partition coefficient (Wildman–Crippen LogP) is 2.00. The monoisotopic (exact) mass is 223 g/mol. The Morgan fingerprint density at radius 3 is 2.50 bits per heavy atom. The molecule has 0 spiro atoms. The first-order valence-corrected chi connectivity index (χ1v) is 6.45. The van der Waals surface area contributed by atoms with Gasteiger partial charge in [0.2, 0.25) is 0 Å². The summed E-state index contributed by atoms with van der Waals surface area (Å²) >= 11 is 0. The number of hydrogen-bond acceptors (Lipinski definition) is 3. The Balaban J connectivity index is 2.39. The summed E-state index contributed by atoms with van der Waals surface area (Å²) in [7, 11) is 0. The van der Waals surface area contributed by atoms with Crippen molar-refractivity contribution in [2.75, 3.05) is 26.2 Å². The molecule has 1 aliphatic rings. The summed E-state index contributed by atoms with van der Waals surface area (Å²) in [5.74, 6) is 0. The van der Waals surface area contributed by atoms with Gasteiger partial charge in [0.05, 0.1) is 11.5 Å². The van der Waals surface area contributed by atoms with Crippen molar-refractivity contribution in [2.45, 2.75) is 46.1 Å². The minimum Gasteiger partial charge on any atom is -0.317 e. The number of nitriles is 1. The van der Waals surface area contributed by atoms with Crippen LogP contribution in [0.1, 0.15) is 40.0 Å². The second-order valence-electron chi connectivity index (χ2n) is 5.36. The lowest BCUT2D eigenvalue weighted by Gasteiger charge is -2.35. The van der Waals surface area contributed by atoms with Gasteiger partial charge in [-0.25, -0.2) is 0 Å². The molecule has 1 rings (SSSR count). The molecule has 0 bridgehead atoms. The molecule has 1 aliphatic heterocycles. The molecule has 1 heterocycles. The first-order chi connectivity index (χ1) is 7.59. The Morgan fingerprint density at radius 2 is 2.00 bits per heavy atom. The molecule has 0 saturated carbocycles. The summed E-state index contributed by atoms with van der Waals surface area (Å²) in [6.07, 6.45) is 3.48. The molecule has 1 saturated heterocycles. The maximum atomic E-state index is 9.01. The molecule has 1 fully saturated rings. The molecule has 0 amide bonds. The molecular weight excluding hydrogens is 198 g/mol. The highest BCUT2D eigenvalue weighted by molar-refractivity contribution is 4.92. The van der Waals surface area contributed by atoms with Crippen LogP contribution in [0.15, 0.2) is 0 Å². The van der Waals surface area contributed by atoms with E-state index in [0.717, 1.165) is 38.6 Å². The van der Waals surface area contributed by atoms with E-state index < -0.39 is 0 Å². The van der Waals surface area contributed by atoms with E-state index in [1.807, 2.05) is 13.8 Å². The Morgan fingerprint density at radius 1 is 1.38 bits per heavy atom. The average molecular weight is 223 g/mol. The van der Waals surface area contributed by atoms with Crippen LogP contribution in [0.4, 0.5) is 0 Å². The van der Waals surface area contributed by atoms with E-state index in [1.165, 1.54) is 12.8 Å². The van der Waals surface area contributed by atoms with Crippen LogP contribution in [-0.4, -0.2) is 37.1 Å². The minimum atomic E-state index is -0.180. The highest BCUT2D eigenvalue weighted by atomic mass is 15.2. The van der Waals surface area contributed by atoms with E-state index in [9.17, 15) is 0 Å². The topological polar surface area (TPSA) is 39.1 Å². The number of nitrogens with zero attached hydrogens (tertiary/aromatic N) is 2. The zero-order valence-corrected chi connectivity index (χ0v) is 10.9. The fourth-order valence-corrected chi connectivity index (χ4v) is 2.25. The summed E-state index contributed by atoms with van der Waals surface area (Å²) in [5, 5.41) is 12.4. The summed E-state index contributed by atoms with van der Waals surface area (Å²) < 4.78 is 0. The lowest BCUT2D eigenvalue weighted by atomic mass is 9.90. The van der Waals surface area contributed by atoms with Crippen LogP contribution in [0, 0.1) is 16.7 Å². The van der Waals surface area contributed by atoms with Crippen LogP contribution in [-0.2, 0) is 0 Å². The van der Waals surface area contributed by atoms with Crippen LogP contribution >= 0.6 is 0 Å². The van der Waals surface area contributed by atoms with Crippen molar-refractivity contribution in [3.05, 3.63) is 0 Å². The minimum absolute atomic E-state index is 0.180. The Kier molecular flexibility index (Phi) is 5.24. The lowest BCUT2D eigenvalue weighted by molar-refractivity contribution is 0.155. The van der Waals surface area contributed by atoms with Gasteiger partial charge in [0.25, 0.3) is 0 Å². The summed E-state index contributed by atoms with van der Waals surface area (Å²) in [5.41, 5.74) is -0.180. The van der Waals surface area contributed by atoms with Gasteiger partial charge in [-0.1, -0.05) is 6.92 Å². The van der Waals surface area contributed by atoms with E-state index in [1.54, 1.807) is 0 Å². The van der Waals surface area contributed by atoms with Crippen LogP contribution in [0.2, 0.25) is 0 Å². The van der Waals surface area contributed by atoms with Gasteiger partial charge in [0.15, 0.2) is 0 Å². The number of rotatable bonds is 5. The number of piperidine rings is 1. The highest BCUT2D eigenvalue weighted by Crippen LogP contribution is 2.21. The Hall–Kier alpha value is -0.590. The zero-order valence-electron chi connectivity index (χ0n) is 10.9. The van der Waals surface area contributed by atoms with Crippen LogP contribution in [0.3, 0.4) is 0 Å². The molecule has 0 aromatic heterocycles. The maximum absolute atomic E-state index is 9.01. The molecule has 0 aromatic rings. The average Bonchev–Trinajstić information content (AvgIpc) is 2.31. The van der Waals surface area contributed by atoms with Crippen molar-refractivity contribution in [1.82, 2.24) is 10.2 Å². The van der Waals surface area contributed by atoms with Crippen molar-refractivity contribution in [3.63, 3.8) is 0 Å². The molecule has 1 N–H and O–H groups in total. The van der Waals surface area contributed by atoms with E-state index >= 15 is 0 Å². The van der Waals surface area contributed by atoms with Gasteiger partial charge in [-0.15, -0.1) is 0 Å². The van der Waals surface area contributed by atoms with Gasteiger partial charge in [-0.2, -0.15) is 5.26 Å². The van der Waals surface area contributed by atoms with E-state index in [0.29, 0.717) is 0 Å². The lowest BCUT2D eigenvalue weighted by Crippen LogP contribution is -2.44. The van der Waals surface area contributed by atoms with Gasteiger partial charge >= 0.3 is 0 Å². The van der Waals surface area contributed by atoms with Crippen molar-refractivity contribution >= 4 is 0 Å². The fourth-order valence-electron chi connectivity index (χ4n) is 2.25. The molecule has 3 nitrogen and oxygen atoms in total. The molecule has 0 unspecified atom stereocenters. The second kappa shape index (κ2) is 6.22. The SMILES string of the molecule is CCN(CCC(C)(C)C#N)C1CCNCC1. The zero-order chi connectivity index (χ0) is 12.0. The predicted molar refractivity (Wildman–Crippen MR) is 67.1 cm³/mol. The van der Waals surface area contributed by atoms with E-state index in [-0.39, 0.29) is 5.41 Å². The smallest absolute Gasteiger partial charge is 0.0684 e. The summed E-state index contributed by atoms with van der Waals surface area (Å²) in [4.78, 5) is 2.54. The van der Waals surface area contributed by atoms with Crippen molar-refractivity contribution < 1.29 is 0 Å². The standard InChI is InChI=1S/C13H25N3/c1-4-16(10-7-13(2,3)11-14)12-5-8-15-9-6-12/h12,15H,4-10H2,1-3H3. The molecule has 92 valence electrons. The van der Waals surface area contributed by atoms with Crippen molar-refractivity contribution in [1.29, 1.82) is 5.26 Å². The second-order valence-corrected chi connectivity index (χ2v) is 5.36. The maximum Gasteiger partial charge on any atom is 0.0684 e. The van der Waals surface area contributed by atoms with Gasteiger partial charge in [-0.3, -0.25) is 0 Å². The molecular formula is C13H25N3. The normalized spacial score (nSPS) is 18.7. The van der Waals surface area contributed by atoms with E-state index in [4.69, 9.17) is 5.26 Å². The fraction of sp³-hybridized carbons (Fsp3) is 0.923. The third-order valence-electron chi connectivity index (χ3n) is 3.56. The largest absolute Gasteiger partial charge is 0.317 e. The third kappa shape index (κ3) is 4.11. The summed E-state index contributed by atoms with van der Waals surface area (Å²) in [6.45, 7) is 10.7. The first kappa shape index (κ1) is 13.5. The molecule has 3 heteroatoms. The van der Waals surface area contributed by atoms with Crippen molar-refractivity contribution in [3.8, 4) is 6.07 Å². The Labute approximate surface area is 99.8 Å². The van der Waals surface area contributed by atoms with Crippen LogP contribution in [0.25, 0.3) is 0 Å². The highest BCUT2D eigenvalue weighted by Gasteiger charge is 2.23. The quantitative estimate of drug-likeness (QED) is 0.775. The molecule has 0 aromatic carbocycles. The van der Waals surface area contributed by atoms with Crippen LogP contribution < -0.4 is 5.32 Å². The number of nitrogens with one attached hydrogen (secondary N) is 1. The molecule has 0 atom stereocenters. The van der Waals surface area contributed by atoms with Crippen LogP contribution in [0.5, 0.6) is 0 Å². The third-order valence-corrected chi connectivity index (χ3v) is 3.56. The van der Waals surface area contributed by atoms with Gasteiger partial charge in [-0.05, 0) is 59.3 Å².